The number of hydrogen-bond donors (Lipinski definition) is 2. The zero-order chi connectivity index (χ0) is 14.4. The van der Waals surface area contributed by atoms with Gasteiger partial charge in [0, 0.05) is 13.1 Å². The van der Waals surface area contributed by atoms with E-state index in [2.05, 4.69) is 10.6 Å². The van der Waals surface area contributed by atoms with Crippen LogP contribution in [0.15, 0.2) is 24.3 Å². The zero-order valence-corrected chi connectivity index (χ0v) is 12.7. The molecule has 0 bridgehead atoms. The summed E-state index contributed by atoms with van der Waals surface area (Å²) in [7, 11) is 1.70. The summed E-state index contributed by atoms with van der Waals surface area (Å²) < 4.78 is 5.24. The maximum Gasteiger partial charge on any atom is 0.256 e. The molecule has 1 aliphatic heterocycles. The molecule has 2 N–H and O–H groups in total. The highest BCUT2D eigenvalue weighted by Crippen LogP contribution is 2.18. The number of para-hydroxylation sites is 1. The Morgan fingerprint density at radius 2 is 1.90 bits per heavy atom. The first kappa shape index (κ1) is 17.4. The van der Waals surface area contributed by atoms with Crippen molar-refractivity contribution in [1.82, 2.24) is 10.2 Å². The molecule has 6 nitrogen and oxygen atoms in total. The minimum atomic E-state index is -0.172. The van der Waals surface area contributed by atoms with Crippen molar-refractivity contribution < 1.29 is 14.3 Å². The predicted octanol–water partition coefficient (Wildman–Crippen LogP) is 0.739. The molecule has 0 saturated carbocycles. The highest BCUT2D eigenvalue weighted by molar-refractivity contribution is 6.04. The van der Waals surface area contributed by atoms with Crippen molar-refractivity contribution >= 4 is 29.9 Å². The molecule has 0 spiro atoms. The second kappa shape index (κ2) is 8.61. The van der Waals surface area contributed by atoms with Gasteiger partial charge in [0.25, 0.3) is 5.91 Å². The van der Waals surface area contributed by atoms with Crippen LogP contribution in [0.4, 0.5) is 5.69 Å². The van der Waals surface area contributed by atoms with Gasteiger partial charge in [-0.15, -0.1) is 12.4 Å². The molecule has 0 aromatic heterocycles. The summed E-state index contributed by atoms with van der Waals surface area (Å²) in [5.74, 6) is -0.247. The van der Waals surface area contributed by atoms with Crippen molar-refractivity contribution in [2.45, 2.75) is 0 Å². The lowest BCUT2D eigenvalue weighted by Crippen LogP contribution is -2.41. The van der Waals surface area contributed by atoms with Gasteiger partial charge < -0.3 is 20.3 Å². The zero-order valence-electron chi connectivity index (χ0n) is 11.9. The van der Waals surface area contributed by atoms with Crippen LogP contribution < -0.4 is 10.6 Å². The number of anilines is 1. The molecule has 1 fully saturated rings. The number of ether oxygens (including phenoxy) is 1. The summed E-state index contributed by atoms with van der Waals surface area (Å²) in [6.45, 7) is 2.48. The van der Waals surface area contributed by atoms with Crippen LogP contribution >= 0.6 is 12.4 Å². The Labute approximate surface area is 130 Å². The lowest BCUT2D eigenvalue weighted by molar-refractivity contribution is -0.115. The summed E-state index contributed by atoms with van der Waals surface area (Å²) in [5, 5.41) is 5.53. The number of carbonyl (C=O) groups excluding carboxylic acids is 2. The molecule has 116 valence electrons. The van der Waals surface area contributed by atoms with E-state index >= 15 is 0 Å². The van der Waals surface area contributed by atoms with Crippen molar-refractivity contribution in [1.29, 1.82) is 0 Å². The van der Waals surface area contributed by atoms with Gasteiger partial charge in [0.2, 0.25) is 5.91 Å². The number of halogens is 1. The Kier molecular flexibility index (Phi) is 7.14. The molecule has 7 heteroatoms. The number of nitrogens with one attached hydrogen (secondary N) is 2. The number of carbonyl (C=O) groups is 2. The largest absolute Gasteiger partial charge is 0.378 e. The van der Waals surface area contributed by atoms with Gasteiger partial charge >= 0.3 is 0 Å². The summed E-state index contributed by atoms with van der Waals surface area (Å²) >= 11 is 0. The molecule has 0 unspecified atom stereocenters. The Balaban J connectivity index is 0.00000220. The summed E-state index contributed by atoms with van der Waals surface area (Å²) in [6, 6.07) is 7.06. The SMILES string of the molecule is CNCC(=O)Nc1ccccc1C(=O)N1CCOCC1.Cl. The van der Waals surface area contributed by atoms with E-state index < -0.39 is 0 Å². The highest BCUT2D eigenvalue weighted by Gasteiger charge is 2.21. The van der Waals surface area contributed by atoms with E-state index in [-0.39, 0.29) is 30.8 Å². The second-order valence-corrected chi connectivity index (χ2v) is 4.53. The van der Waals surface area contributed by atoms with Crippen molar-refractivity contribution in [2.75, 3.05) is 45.2 Å². The number of morpholine rings is 1. The fraction of sp³-hybridized carbons (Fsp3) is 0.429. The summed E-state index contributed by atoms with van der Waals surface area (Å²) in [6.07, 6.45) is 0. The Morgan fingerprint density at radius 1 is 1.24 bits per heavy atom. The number of nitrogens with zero attached hydrogens (tertiary/aromatic N) is 1. The minimum Gasteiger partial charge on any atom is -0.378 e. The molecule has 2 rings (SSSR count). The fourth-order valence-corrected chi connectivity index (χ4v) is 2.07. The van der Waals surface area contributed by atoms with Crippen LogP contribution in [0.2, 0.25) is 0 Å². The molecule has 1 aromatic rings. The van der Waals surface area contributed by atoms with E-state index in [1.165, 1.54) is 0 Å². The summed E-state index contributed by atoms with van der Waals surface area (Å²) in [5.41, 5.74) is 1.06. The standard InChI is InChI=1S/C14H19N3O3.ClH/c1-15-10-13(18)16-12-5-3-2-4-11(12)14(19)17-6-8-20-9-7-17;/h2-5,15H,6-10H2,1H3,(H,16,18);1H. The van der Waals surface area contributed by atoms with Crippen molar-refractivity contribution in [3.05, 3.63) is 29.8 Å². The van der Waals surface area contributed by atoms with E-state index in [0.717, 1.165) is 0 Å². The Morgan fingerprint density at radius 3 is 2.57 bits per heavy atom. The maximum atomic E-state index is 12.5. The lowest BCUT2D eigenvalue weighted by atomic mass is 10.1. The quantitative estimate of drug-likeness (QED) is 0.860. The number of hydrogen-bond acceptors (Lipinski definition) is 4. The van der Waals surface area contributed by atoms with Crippen LogP contribution in [0.25, 0.3) is 0 Å². The monoisotopic (exact) mass is 313 g/mol. The topological polar surface area (TPSA) is 70.7 Å². The Hall–Kier alpha value is -1.63. The van der Waals surface area contributed by atoms with Crippen LogP contribution in [0.5, 0.6) is 0 Å². The molecule has 1 heterocycles. The first-order valence-corrected chi connectivity index (χ1v) is 6.63. The van der Waals surface area contributed by atoms with E-state index in [9.17, 15) is 9.59 Å². The highest BCUT2D eigenvalue weighted by atomic mass is 35.5. The van der Waals surface area contributed by atoms with Gasteiger partial charge in [0.05, 0.1) is 31.0 Å². The molecule has 1 aromatic carbocycles. The van der Waals surface area contributed by atoms with Crippen molar-refractivity contribution in [3.8, 4) is 0 Å². The average Bonchev–Trinajstić information content (AvgIpc) is 2.48. The molecule has 0 aliphatic carbocycles. The summed E-state index contributed by atoms with van der Waals surface area (Å²) in [4.78, 5) is 25.9. The molecule has 0 radical (unpaired) electrons. The average molecular weight is 314 g/mol. The Bertz CT molecular complexity index is 490. The number of amides is 2. The smallest absolute Gasteiger partial charge is 0.256 e. The van der Waals surface area contributed by atoms with E-state index in [1.807, 2.05) is 0 Å². The van der Waals surface area contributed by atoms with Crippen LogP contribution in [-0.4, -0.2) is 56.6 Å². The molecule has 0 atom stereocenters. The third kappa shape index (κ3) is 4.70. The predicted molar refractivity (Wildman–Crippen MR) is 83.0 cm³/mol. The molecular weight excluding hydrogens is 294 g/mol. The second-order valence-electron chi connectivity index (χ2n) is 4.53. The lowest BCUT2D eigenvalue weighted by Gasteiger charge is -2.27. The van der Waals surface area contributed by atoms with Gasteiger partial charge in [-0.05, 0) is 19.2 Å². The van der Waals surface area contributed by atoms with Gasteiger partial charge in [-0.2, -0.15) is 0 Å². The van der Waals surface area contributed by atoms with Gasteiger partial charge in [-0.3, -0.25) is 9.59 Å². The first-order chi connectivity index (χ1) is 9.72. The third-order valence-electron chi connectivity index (χ3n) is 3.07. The number of likely N-dealkylation sites (N-methyl/N-ethyl adjacent to an activating group) is 1. The molecular formula is C14H20ClN3O3. The van der Waals surface area contributed by atoms with Crippen LogP contribution in [-0.2, 0) is 9.53 Å². The van der Waals surface area contributed by atoms with Gasteiger partial charge in [0.15, 0.2) is 0 Å². The molecule has 1 saturated heterocycles. The fourth-order valence-electron chi connectivity index (χ4n) is 2.07. The van der Waals surface area contributed by atoms with Crippen molar-refractivity contribution in [3.63, 3.8) is 0 Å². The van der Waals surface area contributed by atoms with Gasteiger partial charge in [0.1, 0.15) is 0 Å². The maximum absolute atomic E-state index is 12.5. The molecule has 2 amide bonds. The van der Waals surface area contributed by atoms with E-state index in [4.69, 9.17) is 4.74 Å². The van der Waals surface area contributed by atoms with E-state index in [1.54, 1.807) is 36.2 Å². The first-order valence-electron chi connectivity index (χ1n) is 6.63. The molecule has 1 aliphatic rings. The van der Waals surface area contributed by atoms with Crippen molar-refractivity contribution in [2.24, 2.45) is 0 Å². The van der Waals surface area contributed by atoms with E-state index in [0.29, 0.717) is 37.6 Å². The van der Waals surface area contributed by atoms with Gasteiger partial charge in [-0.1, -0.05) is 12.1 Å². The van der Waals surface area contributed by atoms with Crippen LogP contribution in [0.1, 0.15) is 10.4 Å². The van der Waals surface area contributed by atoms with Crippen LogP contribution in [0, 0.1) is 0 Å². The van der Waals surface area contributed by atoms with Gasteiger partial charge in [-0.25, -0.2) is 0 Å². The number of benzene rings is 1. The third-order valence-corrected chi connectivity index (χ3v) is 3.07. The minimum absolute atomic E-state index is 0. The number of rotatable bonds is 4. The van der Waals surface area contributed by atoms with Crippen LogP contribution in [0.3, 0.4) is 0 Å². The normalized spacial score (nSPS) is 14.2. The molecule has 21 heavy (non-hydrogen) atoms.